The van der Waals surface area contributed by atoms with Gasteiger partial charge in [-0.3, -0.25) is 19.2 Å². The molecule has 0 bridgehead atoms. The molecule has 9 heteroatoms. The molecule has 2 atom stereocenters. The first-order valence-corrected chi connectivity index (χ1v) is 8.43. The Balaban J connectivity index is 2.92. The molecule has 148 valence electrons. The van der Waals surface area contributed by atoms with Crippen LogP contribution < -0.4 is 11.1 Å². The number of carbonyl (C=O) groups is 4. The molecule has 1 rings (SSSR count). The van der Waals surface area contributed by atoms with Crippen LogP contribution in [-0.4, -0.2) is 43.0 Å². The van der Waals surface area contributed by atoms with Crippen molar-refractivity contribution in [2.75, 3.05) is 13.2 Å². The molecule has 1 aromatic carbocycles. The largest absolute Gasteiger partial charge is 0.466 e. The van der Waals surface area contributed by atoms with E-state index in [1.165, 1.54) is 24.3 Å². The number of hydrogen-bond donors (Lipinski definition) is 2. The number of halogens is 1. The first-order chi connectivity index (χ1) is 12.8. The smallest absolute Gasteiger partial charge is 0.312 e. The summed E-state index contributed by atoms with van der Waals surface area (Å²) in [7, 11) is 0. The van der Waals surface area contributed by atoms with Crippen molar-refractivity contribution in [3.63, 3.8) is 0 Å². The molecule has 2 amide bonds. The summed E-state index contributed by atoms with van der Waals surface area (Å²) in [5.41, 5.74) is 5.82. The van der Waals surface area contributed by atoms with E-state index in [1.54, 1.807) is 13.8 Å². The van der Waals surface area contributed by atoms with Crippen LogP contribution in [0.4, 0.5) is 4.39 Å². The van der Waals surface area contributed by atoms with Crippen molar-refractivity contribution in [3.8, 4) is 0 Å². The van der Waals surface area contributed by atoms with E-state index in [9.17, 15) is 23.6 Å². The molecule has 1 aromatic rings. The van der Waals surface area contributed by atoms with Crippen LogP contribution in [0.15, 0.2) is 24.3 Å². The average molecular weight is 382 g/mol. The molecule has 8 nitrogen and oxygen atoms in total. The lowest BCUT2D eigenvalue weighted by molar-refractivity contribution is -0.157. The van der Waals surface area contributed by atoms with Gasteiger partial charge in [-0.2, -0.15) is 0 Å². The second-order valence-corrected chi connectivity index (χ2v) is 5.62. The van der Waals surface area contributed by atoms with Crippen LogP contribution in [0.5, 0.6) is 0 Å². The van der Waals surface area contributed by atoms with Crippen LogP contribution in [0.2, 0.25) is 0 Å². The van der Waals surface area contributed by atoms with Gasteiger partial charge in [0, 0.05) is 0 Å². The summed E-state index contributed by atoms with van der Waals surface area (Å²) in [4.78, 5) is 48.0. The quantitative estimate of drug-likeness (QED) is 0.567. The SMILES string of the molecule is CCOC(=O)C[C@H](C(=O)OCC)[C@@H](NC(=O)Cc1ccc(F)cc1)C(N)=O. The Morgan fingerprint density at radius 2 is 1.67 bits per heavy atom. The van der Waals surface area contributed by atoms with Gasteiger partial charge in [-0.15, -0.1) is 0 Å². The summed E-state index contributed by atoms with van der Waals surface area (Å²) in [5.74, 6) is -4.97. The first-order valence-electron chi connectivity index (χ1n) is 8.43. The predicted molar refractivity (Wildman–Crippen MR) is 92.6 cm³/mol. The number of esters is 2. The lowest BCUT2D eigenvalue weighted by atomic mass is 9.95. The number of benzene rings is 1. The molecule has 0 unspecified atom stereocenters. The van der Waals surface area contributed by atoms with Gasteiger partial charge in [-0.25, -0.2) is 4.39 Å². The zero-order valence-electron chi connectivity index (χ0n) is 15.2. The fourth-order valence-corrected chi connectivity index (χ4v) is 2.37. The summed E-state index contributed by atoms with van der Waals surface area (Å²) in [6.07, 6.45) is -0.643. The van der Waals surface area contributed by atoms with E-state index >= 15 is 0 Å². The van der Waals surface area contributed by atoms with E-state index in [-0.39, 0.29) is 19.6 Å². The van der Waals surface area contributed by atoms with E-state index in [0.29, 0.717) is 5.56 Å². The van der Waals surface area contributed by atoms with Crippen molar-refractivity contribution < 1.29 is 33.0 Å². The van der Waals surface area contributed by atoms with Gasteiger partial charge >= 0.3 is 11.9 Å². The fourth-order valence-electron chi connectivity index (χ4n) is 2.37. The van der Waals surface area contributed by atoms with Crippen LogP contribution >= 0.6 is 0 Å². The van der Waals surface area contributed by atoms with E-state index in [4.69, 9.17) is 15.2 Å². The molecular weight excluding hydrogens is 359 g/mol. The highest BCUT2D eigenvalue weighted by Crippen LogP contribution is 2.14. The predicted octanol–water partition coefficient (Wildman–Crippen LogP) is 0.471. The van der Waals surface area contributed by atoms with Gasteiger partial charge in [0.25, 0.3) is 0 Å². The van der Waals surface area contributed by atoms with Crippen molar-refractivity contribution in [2.24, 2.45) is 11.7 Å². The molecule has 0 saturated heterocycles. The van der Waals surface area contributed by atoms with Gasteiger partial charge in [0.2, 0.25) is 11.8 Å². The van der Waals surface area contributed by atoms with Crippen molar-refractivity contribution >= 4 is 23.8 Å². The molecule has 0 aliphatic rings. The number of nitrogens with one attached hydrogen (secondary N) is 1. The molecule has 0 radical (unpaired) electrons. The van der Waals surface area contributed by atoms with Crippen LogP contribution in [0.3, 0.4) is 0 Å². The number of amides is 2. The zero-order chi connectivity index (χ0) is 20.4. The number of rotatable bonds is 10. The summed E-state index contributed by atoms with van der Waals surface area (Å²) in [6.45, 7) is 3.26. The Labute approximate surface area is 156 Å². The Bertz CT molecular complexity index is 677. The molecule has 0 aromatic heterocycles. The number of hydrogen-bond acceptors (Lipinski definition) is 6. The molecule has 3 N–H and O–H groups in total. The van der Waals surface area contributed by atoms with Crippen molar-refractivity contribution in [2.45, 2.75) is 32.7 Å². The highest BCUT2D eigenvalue weighted by Gasteiger charge is 2.37. The van der Waals surface area contributed by atoms with Crippen LogP contribution in [0.25, 0.3) is 0 Å². The number of carbonyl (C=O) groups excluding carboxylic acids is 4. The second-order valence-electron chi connectivity index (χ2n) is 5.62. The van der Waals surface area contributed by atoms with Gasteiger partial charge in [-0.05, 0) is 31.5 Å². The molecule has 27 heavy (non-hydrogen) atoms. The van der Waals surface area contributed by atoms with Crippen LogP contribution in [0, 0.1) is 11.7 Å². The maximum atomic E-state index is 12.9. The van der Waals surface area contributed by atoms with Crippen molar-refractivity contribution in [1.82, 2.24) is 5.32 Å². The van der Waals surface area contributed by atoms with Crippen molar-refractivity contribution in [1.29, 1.82) is 0 Å². The van der Waals surface area contributed by atoms with Crippen LogP contribution in [-0.2, 0) is 35.1 Å². The molecule has 0 saturated carbocycles. The standard InChI is InChI=1S/C18H23FN2O6/c1-3-26-15(23)10-13(18(25)27-4-2)16(17(20)24)21-14(22)9-11-5-7-12(19)8-6-11/h5-8,13,16H,3-4,9-10H2,1-2H3,(H2,20,24)(H,21,22)/t13-,16+/m0/s1. The minimum Gasteiger partial charge on any atom is -0.466 e. The van der Waals surface area contributed by atoms with Crippen LogP contribution in [0.1, 0.15) is 25.8 Å². The summed E-state index contributed by atoms with van der Waals surface area (Å²) >= 11 is 0. The third kappa shape index (κ3) is 7.43. The lowest BCUT2D eigenvalue weighted by Crippen LogP contribution is -2.52. The minimum atomic E-state index is -1.46. The normalized spacial score (nSPS) is 12.6. The third-order valence-electron chi connectivity index (χ3n) is 3.58. The minimum absolute atomic E-state index is 0.0210. The number of nitrogens with two attached hydrogens (primary N) is 1. The molecule has 0 fully saturated rings. The van der Waals surface area contributed by atoms with Gasteiger partial charge in [0.05, 0.1) is 32.0 Å². The van der Waals surface area contributed by atoms with E-state index < -0.39 is 48.0 Å². The topological polar surface area (TPSA) is 125 Å². The van der Waals surface area contributed by atoms with E-state index in [2.05, 4.69) is 5.32 Å². The highest BCUT2D eigenvalue weighted by molar-refractivity contribution is 5.93. The summed E-state index contributed by atoms with van der Waals surface area (Å²) in [5, 5.41) is 2.35. The zero-order valence-corrected chi connectivity index (χ0v) is 15.2. The number of primary amides is 1. The average Bonchev–Trinajstić information content (AvgIpc) is 2.60. The highest BCUT2D eigenvalue weighted by atomic mass is 19.1. The molecule has 0 spiro atoms. The lowest BCUT2D eigenvalue weighted by Gasteiger charge is -2.23. The second kappa shape index (κ2) is 10.9. The Morgan fingerprint density at radius 3 is 2.19 bits per heavy atom. The molecular formula is C18H23FN2O6. The first kappa shape index (κ1) is 22.1. The van der Waals surface area contributed by atoms with Gasteiger partial charge < -0.3 is 20.5 Å². The third-order valence-corrected chi connectivity index (χ3v) is 3.58. The molecule has 0 aliphatic heterocycles. The van der Waals surface area contributed by atoms with Gasteiger partial charge in [0.1, 0.15) is 11.9 Å². The van der Waals surface area contributed by atoms with E-state index in [0.717, 1.165) is 0 Å². The Kier molecular flexibility index (Phi) is 8.91. The summed E-state index contributed by atoms with van der Waals surface area (Å²) < 4.78 is 22.6. The van der Waals surface area contributed by atoms with E-state index in [1.807, 2.05) is 0 Å². The number of ether oxygens (including phenoxy) is 2. The fraction of sp³-hybridized carbons (Fsp3) is 0.444. The van der Waals surface area contributed by atoms with Crippen molar-refractivity contribution in [3.05, 3.63) is 35.6 Å². The van der Waals surface area contributed by atoms with Gasteiger partial charge in [0.15, 0.2) is 0 Å². The summed E-state index contributed by atoms with van der Waals surface area (Å²) in [6, 6.07) is 3.75. The Hall–Kier alpha value is -2.97. The Morgan fingerprint density at radius 1 is 1.07 bits per heavy atom. The maximum Gasteiger partial charge on any atom is 0.312 e. The monoisotopic (exact) mass is 382 g/mol. The molecule has 0 heterocycles. The maximum absolute atomic E-state index is 12.9. The molecule has 0 aliphatic carbocycles. The van der Waals surface area contributed by atoms with Gasteiger partial charge in [-0.1, -0.05) is 12.1 Å².